The van der Waals surface area contributed by atoms with Gasteiger partial charge in [-0.15, -0.1) is 12.4 Å². The molecule has 1 aromatic heterocycles. The molecule has 0 aliphatic carbocycles. The molecule has 5 amide bonds. The number of piperidine rings is 1. The quantitative estimate of drug-likeness (QED) is 0.0391. The zero-order valence-electron chi connectivity index (χ0n) is 38.6. The van der Waals surface area contributed by atoms with Crippen LogP contribution in [0.2, 0.25) is 5.02 Å². The van der Waals surface area contributed by atoms with Gasteiger partial charge in [0.25, 0.3) is 11.8 Å². The normalized spacial score (nSPS) is 14.9. The number of aromatic nitrogens is 2. The summed E-state index contributed by atoms with van der Waals surface area (Å²) in [6.45, 7) is 3.08. The fraction of sp³-hybridized carbons (Fsp3) is 0.333. The van der Waals surface area contributed by atoms with E-state index in [1.165, 1.54) is 23.1 Å². The molecule has 0 saturated carbocycles. The molecule has 3 aliphatic heterocycles. The van der Waals surface area contributed by atoms with E-state index in [0.717, 1.165) is 19.3 Å². The number of aliphatic imine (C=N–C) groups is 1. The maximum Gasteiger partial charge on any atom is 0.255 e. The maximum absolute atomic E-state index is 14.9. The van der Waals surface area contributed by atoms with Gasteiger partial charge >= 0.3 is 0 Å². The van der Waals surface area contributed by atoms with Gasteiger partial charge in [-0.3, -0.25) is 34.3 Å². The molecule has 0 bridgehead atoms. The number of anilines is 3. The molecule has 1 atom stereocenters. The summed E-state index contributed by atoms with van der Waals surface area (Å²) in [6.07, 6.45) is 5.71. The van der Waals surface area contributed by atoms with Crippen LogP contribution in [0.4, 0.5) is 26.1 Å². The second-order valence-corrected chi connectivity index (χ2v) is 17.2. The van der Waals surface area contributed by atoms with Gasteiger partial charge in [-0.25, -0.2) is 18.7 Å². The molecule has 1 saturated heterocycles. The topological polar surface area (TPSA) is 203 Å². The van der Waals surface area contributed by atoms with Crippen molar-refractivity contribution in [2.45, 2.75) is 64.1 Å². The molecular formula is C51H52Cl2F2N8O8. The molecule has 8 rings (SSSR count). The number of hydrogen-bond acceptors (Lipinski definition) is 12. The number of hydrogen-bond donors (Lipinski definition) is 4. The summed E-state index contributed by atoms with van der Waals surface area (Å²) in [5.41, 5.74) is 4.89. The smallest absolute Gasteiger partial charge is 0.255 e. The number of halogens is 4. The summed E-state index contributed by atoms with van der Waals surface area (Å²) in [5.74, 6) is -2.72. The van der Waals surface area contributed by atoms with E-state index in [4.69, 9.17) is 30.8 Å². The number of fused-ring (bicyclic) bond motifs is 4. The van der Waals surface area contributed by atoms with Crippen LogP contribution < -0.4 is 21.3 Å². The van der Waals surface area contributed by atoms with Gasteiger partial charge < -0.3 is 35.1 Å². The lowest BCUT2D eigenvalue weighted by molar-refractivity contribution is -0.137. The lowest BCUT2D eigenvalue weighted by Gasteiger charge is -2.29. The summed E-state index contributed by atoms with van der Waals surface area (Å²) in [6, 6.07) is 19.9. The lowest BCUT2D eigenvalue weighted by atomic mass is 9.95. The minimum absolute atomic E-state index is 0. The van der Waals surface area contributed by atoms with Crippen molar-refractivity contribution >= 4 is 76.6 Å². The zero-order valence-corrected chi connectivity index (χ0v) is 40.1. The van der Waals surface area contributed by atoms with E-state index in [1.807, 2.05) is 0 Å². The number of nitrogens with zero attached hydrogens (tertiary/aromatic N) is 4. The Morgan fingerprint density at radius 2 is 1.54 bits per heavy atom. The van der Waals surface area contributed by atoms with Crippen LogP contribution in [0, 0.1) is 11.6 Å². The molecule has 4 aromatic carbocycles. The molecule has 4 heterocycles. The van der Waals surface area contributed by atoms with Crippen molar-refractivity contribution in [1.29, 1.82) is 0 Å². The predicted molar refractivity (Wildman–Crippen MR) is 264 cm³/mol. The third kappa shape index (κ3) is 13.2. The van der Waals surface area contributed by atoms with Gasteiger partial charge in [-0.2, -0.15) is 0 Å². The molecule has 0 spiro atoms. The number of rotatable bonds is 22. The Balaban J connectivity index is 0.00000741. The Bertz CT molecular complexity index is 2780. The van der Waals surface area contributed by atoms with E-state index >= 15 is 0 Å². The fourth-order valence-corrected chi connectivity index (χ4v) is 8.57. The summed E-state index contributed by atoms with van der Waals surface area (Å²) >= 11 is 6.34. The summed E-state index contributed by atoms with van der Waals surface area (Å²) in [5, 5.41) is 11.6. The van der Waals surface area contributed by atoms with E-state index < -0.39 is 23.6 Å². The van der Waals surface area contributed by atoms with Crippen molar-refractivity contribution < 1.29 is 47.0 Å². The minimum atomic E-state index is -0.739. The highest BCUT2D eigenvalue weighted by Gasteiger charge is 2.40. The number of benzene rings is 4. The Hall–Kier alpha value is -6.70. The number of carbonyl (C=O) groups is 5. The zero-order chi connectivity index (χ0) is 49.0. The molecule has 0 radical (unpaired) electrons. The molecule has 372 valence electrons. The number of unbranched alkanes of at least 4 members (excludes halogenated alkanes) is 3. The van der Waals surface area contributed by atoms with Gasteiger partial charge in [0, 0.05) is 88.5 Å². The Kier molecular flexibility index (Phi) is 18.3. The molecule has 71 heavy (non-hydrogen) atoms. The minimum Gasteiger partial charge on any atom is -0.379 e. The first kappa shape index (κ1) is 52.1. The van der Waals surface area contributed by atoms with Crippen LogP contribution in [0.3, 0.4) is 0 Å². The lowest BCUT2D eigenvalue weighted by Crippen LogP contribution is -2.52. The second-order valence-electron chi connectivity index (χ2n) is 16.8. The first-order valence-electron chi connectivity index (χ1n) is 23.1. The van der Waals surface area contributed by atoms with E-state index in [1.54, 1.807) is 66.9 Å². The van der Waals surface area contributed by atoms with Crippen molar-refractivity contribution in [2.75, 3.05) is 56.8 Å². The van der Waals surface area contributed by atoms with Crippen molar-refractivity contribution in [3.63, 3.8) is 0 Å². The Morgan fingerprint density at radius 1 is 0.817 bits per heavy atom. The number of imide groups is 1. The van der Waals surface area contributed by atoms with Gasteiger partial charge in [-0.1, -0.05) is 42.6 Å². The highest BCUT2D eigenvalue weighted by Crippen LogP contribution is 2.36. The molecular weight excluding hydrogens is 962 g/mol. The molecule has 5 aromatic rings. The summed E-state index contributed by atoms with van der Waals surface area (Å²) < 4.78 is 46.7. The largest absolute Gasteiger partial charge is 0.379 e. The van der Waals surface area contributed by atoms with E-state index in [9.17, 15) is 32.8 Å². The van der Waals surface area contributed by atoms with Gasteiger partial charge in [0.15, 0.2) is 0 Å². The maximum atomic E-state index is 14.9. The molecule has 20 heteroatoms. The van der Waals surface area contributed by atoms with Crippen molar-refractivity contribution in [1.82, 2.24) is 25.5 Å². The summed E-state index contributed by atoms with van der Waals surface area (Å²) in [7, 11) is 0. The average molecular weight is 1010 g/mol. The summed E-state index contributed by atoms with van der Waals surface area (Å²) in [4.78, 5) is 77.7. The van der Waals surface area contributed by atoms with Crippen molar-refractivity contribution in [2.24, 2.45) is 4.99 Å². The van der Waals surface area contributed by atoms with Crippen LogP contribution in [-0.2, 0) is 41.7 Å². The third-order valence-electron chi connectivity index (χ3n) is 11.9. The second kappa shape index (κ2) is 24.9. The molecule has 3 aliphatic rings. The van der Waals surface area contributed by atoms with Crippen LogP contribution in [0.1, 0.15) is 87.9 Å². The van der Waals surface area contributed by atoms with Gasteiger partial charge in [0.05, 0.1) is 56.5 Å². The monoisotopic (exact) mass is 1010 g/mol. The number of nitrogens with one attached hydrogen (secondary N) is 4. The van der Waals surface area contributed by atoms with E-state index in [0.29, 0.717) is 114 Å². The standard InChI is InChI=1S/C51H51ClF2N8O8.ClH/c52-33-14-17-35-37(27-33)47(45-39(53)8-6-9-40(45)54)56-28-32-29-57-51(61-46(32)35)58-34-15-12-31(13-16-34)48(65)55-20-22-69-24-26-70-25-23-68-21-4-2-1-3-11-43(63)59-41-10-5-7-36-38(41)30-62(50(36)67)42-18-19-44(64)60-49(42)66;/h5-10,12-17,27,29,42H,1-4,11,18-26,28,30H2,(H,55,65)(H,59,63)(H,57,58,61)(H,60,64,66);1H. The molecule has 1 fully saturated rings. The van der Waals surface area contributed by atoms with E-state index in [-0.39, 0.29) is 79.2 Å². The Morgan fingerprint density at radius 3 is 2.30 bits per heavy atom. The first-order chi connectivity index (χ1) is 34.0. The predicted octanol–water partition coefficient (Wildman–Crippen LogP) is 7.72. The number of ether oxygens (including phenoxy) is 3. The molecule has 1 unspecified atom stereocenters. The third-order valence-corrected chi connectivity index (χ3v) is 12.2. The number of amides is 5. The van der Waals surface area contributed by atoms with Crippen LogP contribution in [0.5, 0.6) is 0 Å². The van der Waals surface area contributed by atoms with Gasteiger partial charge in [0.2, 0.25) is 23.7 Å². The van der Waals surface area contributed by atoms with Crippen LogP contribution in [-0.4, -0.2) is 102 Å². The number of carbonyl (C=O) groups excluding carboxylic acids is 5. The molecule has 4 N–H and O–H groups in total. The fourth-order valence-electron chi connectivity index (χ4n) is 8.40. The molecule has 16 nitrogen and oxygen atoms in total. The Labute approximate surface area is 419 Å². The van der Waals surface area contributed by atoms with Crippen LogP contribution in [0.15, 0.2) is 90.1 Å². The first-order valence-corrected chi connectivity index (χ1v) is 23.5. The highest BCUT2D eigenvalue weighted by molar-refractivity contribution is 6.31. The SMILES string of the molecule is Cl.O=C1CCC(N2Cc3c(NC(=O)CCCCCCOCCOCCOCCNC(=O)c4ccc(Nc5ncc6c(n5)-c5ccc(Cl)cc5C(c5c(F)cccc5F)=NC6)cc4)cccc3C2=O)C(=O)N1. The van der Waals surface area contributed by atoms with Crippen molar-refractivity contribution in [3.8, 4) is 11.3 Å². The highest BCUT2D eigenvalue weighted by atomic mass is 35.5. The van der Waals surface area contributed by atoms with E-state index in [2.05, 4.69) is 31.2 Å². The van der Waals surface area contributed by atoms with Crippen LogP contribution in [0.25, 0.3) is 11.3 Å². The van der Waals surface area contributed by atoms with Crippen molar-refractivity contribution in [3.05, 3.63) is 135 Å². The van der Waals surface area contributed by atoms with Crippen LogP contribution >= 0.6 is 24.0 Å². The average Bonchev–Trinajstić information content (AvgIpc) is 3.60. The van der Waals surface area contributed by atoms with Gasteiger partial charge in [0.1, 0.15) is 17.7 Å². The van der Waals surface area contributed by atoms with Gasteiger partial charge in [-0.05, 0) is 79.9 Å².